The predicted molar refractivity (Wildman–Crippen MR) is 360 cm³/mol. The Balaban J connectivity index is 0.000000300. The Morgan fingerprint density at radius 2 is 0.698 bits per heavy atom. The van der Waals surface area contributed by atoms with E-state index < -0.39 is 58.5 Å². The first-order valence-corrected chi connectivity index (χ1v) is 35.2. The second-order valence-electron chi connectivity index (χ2n) is 21.4. The van der Waals surface area contributed by atoms with Gasteiger partial charge in [0.15, 0.2) is 0 Å². The lowest BCUT2D eigenvalue weighted by atomic mass is 9.80. The molecule has 0 saturated carbocycles. The number of Topliss-reactive ketones (excluding diaryl/α,β-unsaturated/α-hetero) is 1. The molecule has 6 aromatic rings. The zero-order valence-electron chi connectivity index (χ0n) is 56.6. The van der Waals surface area contributed by atoms with E-state index in [1.807, 2.05) is 158 Å². The molecule has 520 valence electrons. The minimum atomic E-state index is -2.64. The number of nitrogens with two attached hydrogens (primary N) is 1. The van der Waals surface area contributed by atoms with E-state index in [0.29, 0.717) is 42.0 Å². The molecule has 96 heavy (non-hydrogen) atoms. The van der Waals surface area contributed by atoms with E-state index in [0.717, 1.165) is 63.8 Å². The van der Waals surface area contributed by atoms with Gasteiger partial charge in [-0.2, -0.15) is 0 Å². The standard InChI is InChI=1S/C34H44O9Si.C31H31NO9.C6H17NO3Si/c1-37-31-19-14-28(15-20-31)34(27-11-7-6-8-12-27,29-16-21-32(38-2)22-17-29)43-25-24-42-33(36)23-18-30(35)13-9-10-26-44(39-3,40-4)41-5;1-37-25-12-8-23(9-13-25)31(22-6-4-3-5-7-22,24-10-14-26(38-2)15-11-24)40-21-20-39-29(35)18-19-30(36)41-32-27(33)16-17-28(32)34;1-8-11(9-2,10-3)6-4-5-7/h6-8,11-12,14-17,19-22H,9-10,13,18,23-26H2,1-5H3;3-15H,16-21H2,1-2H3;4-7H2,1-3H3. The third kappa shape index (κ3) is 22.5. The first kappa shape index (κ1) is 78.5. The van der Waals surface area contributed by atoms with Crippen LogP contribution in [-0.2, 0) is 90.3 Å². The van der Waals surface area contributed by atoms with Gasteiger partial charge < -0.3 is 75.0 Å². The maximum atomic E-state index is 12.5. The van der Waals surface area contributed by atoms with Gasteiger partial charge in [0.2, 0.25) is 0 Å². The van der Waals surface area contributed by atoms with Crippen molar-refractivity contribution < 1.29 is 98.1 Å². The molecule has 25 heteroatoms. The number of esters is 2. The fraction of sp³-hybridized carbons (Fsp3) is 0.408. The maximum absolute atomic E-state index is 12.5. The number of hydrogen-bond acceptors (Lipinski definition) is 22. The van der Waals surface area contributed by atoms with Crippen LogP contribution in [0.5, 0.6) is 23.0 Å². The summed E-state index contributed by atoms with van der Waals surface area (Å²) in [5.41, 5.74) is 8.48. The van der Waals surface area contributed by atoms with Crippen molar-refractivity contribution in [1.82, 2.24) is 5.06 Å². The number of hydrogen-bond donors (Lipinski definition) is 1. The van der Waals surface area contributed by atoms with Crippen LogP contribution in [0, 0.1) is 0 Å². The molecule has 0 spiro atoms. The molecule has 2 amide bonds. The second kappa shape index (κ2) is 41.0. The van der Waals surface area contributed by atoms with E-state index in [1.165, 1.54) is 0 Å². The molecule has 23 nitrogen and oxygen atoms in total. The number of benzene rings is 6. The summed E-state index contributed by atoms with van der Waals surface area (Å²) in [6.45, 7) is 0.741. The number of hydroxylamine groups is 2. The molecule has 1 heterocycles. The Kier molecular flexibility index (Phi) is 33.6. The van der Waals surface area contributed by atoms with Crippen molar-refractivity contribution in [3.05, 3.63) is 191 Å². The number of amides is 2. The summed E-state index contributed by atoms with van der Waals surface area (Å²) in [5.74, 6) is -0.281. The molecule has 0 aromatic heterocycles. The van der Waals surface area contributed by atoms with Crippen molar-refractivity contribution in [1.29, 1.82) is 0 Å². The van der Waals surface area contributed by atoms with Gasteiger partial charge in [-0.05, 0) is 108 Å². The average Bonchev–Trinajstić information content (AvgIpc) is 0.823. The van der Waals surface area contributed by atoms with Crippen LogP contribution in [0.15, 0.2) is 158 Å². The van der Waals surface area contributed by atoms with E-state index in [-0.39, 0.29) is 70.7 Å². The number of ketones is 1. The quantitative estimate of drug-likeness (QED) is 0.0124. The number of imide groups is 1. The van der Waals surface area contributed by atoms with E-state index in [9.17, 15) is 28.8 Å². The Morgan fingerprint density at radius 3 is 1.02 bits per heavy atom. The van der Waals surface area contributed by atoms with Crippen molar-refractivity contribution in [2.45, 2.75) is 87.5 Å². The predicted octanol–water partition coefficient (Wildman–Crippen LogP) is 10.1. The largest absolute Gasteiger partial charge is 0.500 e. The van der Waals surface area contributed by atoms with E-state index in [4.69, 9.17) is 75.0 Å². The van der Waals surface area contributed by atoms with Gasteiger partial charge in [-0.1, -0.05) is 109 Å². The van der Waals surface area contributed by atoms with Crippen LogP contribution in [0.3, 0.4) is 0 Å². The summed E-state index contributed by atoms with van der Waals surface area (Å²) in [5, 5.41) is 0.447. The van der Waals surface area contributed by atoms with E-state index in [2.05, 4.69) is 0 Å². The molecule has 0 radical (unpaired) electrons. The molecule has 1 aliphatic heterocycles. The fourth-order valence-electron chi connectivity index (χ4n) is 10.5. The van der Waals surface area contributed by atoms with Gasteiger partial charge in [0.05, 0.1) is 60.9 Å². The molecule has 0 atom stereocenters. The average molecular weight is 1370 g/mol. The summed E-state index contributed by atoms with van der Waals surface area (Å²) < 4.78 is 77.3. The monoisotopic (exact) mass is 1360 g/mol. The van der Waals surface area contributed by atoms with Gasteiger partial charge in [-0.3, -0.25) is 24.0 Å². The zero-order chi connectivity index (χ0) is 69.8. The summed E-state index contributed by atoms with van der Waals surface area (Å²) in [6, 6.07) is 51.5. The number of nitrogens with zero attached hydrogens (tertiary/aromatic N) is 1. The lowest BCUT2D eigenvalue weighted by Crippen LogP contribution is -2.42. The Morgan fingerprint density at radius 1 is 0.385 bits per heavy atom. The zero-order valence-corrected chi connectivity index (χ0v) is 58.6. The van der Waals surface area contributed by atoms with Gasteiger partial charge in [-0.15, -0.1) is 5.06 Å². The first-order valence-electron chi connectivity index (χ1n) is 31.4. The molecule has 2 N–H and O–H groups in total. The Bertz CT molecular complexity index is 3160. The lowest BCUT2D eigenvalue weighted by molar-refractivity contribution is -0.197. The van der Waals surface area contributed by atoms with Crippen LogP contribution in [0.2, 0.25) is 12.1 Å². The van der Waals surface area contributed by atoms with E-state index in [1.54, 1.807) is 71.1 Å². The van der Waals surface area contributed by atoms with Crippen molar-refractivity contribution in [2.75, 3.05) is 104 Å². The molecular formula is C71H92N2O21Si2. The number of methoxy groups -OCH3 is 4. The van der Waals surface area contributed by atoms with Crippen molar-refractivity contribution in [2.24, 2.45) is 5.73 Å². The smallest absolute Gasteiger partial charge is 0.497 e. The summed E-state index contributed by atoms with van der Waals surface area (Å²) >= 11 is 0. The highest BCUT2D eigenvalue weighted by Gasteiger charge is 2.41. The highest BCUT2D eigenvalue weighted by atomic mass is 28.4. The first-order chi connectivity index (χ1) is 46.5. The number of carbonyl (C=O) groups is 6. The van der Waals surface area contributed by atoms with Crippen LogP contribution >= 0.6 is 0 Å². The molecule has 7 rings (SSSR count). The molecule has 1 saturated heterocycles. The Hall–Kier alpha value is -8.19. The highest BCUT2D eigenvalue weighted by Crippen LogP contribution is 2.43. The topological polar surface area (TPSA) is 270 Å². The van der Waals surface area contributed by atoms with Gasteiger partial charge in [0.25, 0.3) is 11.8 Å². The van der Waals surface area contributed by atoms with Gasteiger partial charge in [0.1, 0.15) is 53.2 Å². The van der Waals surface area contributed by atoms with Crippen molar-refractivity contribution in [3.63, 3.8) is 0 Å². The fourth-order valence-corrected chi connectivity index (χ4v) is 14.0. The Labute approximate surface area is 565 Å². The van der Waals surface area contributed by atoms with Crippen LogP contribution in [0.4, 0.5) is 0 Å². The minimum Gasteiger partial charge on any atom is -0.497 e. The summed E-state index contributed by atoms with van der Waals surface area (Å²) in [7, 11) is 11.0. The number of carbonyl (C=O) groups excluding carboxylic acids is 6. The van der Waals surface area contributed by atoms with Crippen LogP contribution in [0.1, 0.15) is 97.6 Å². The second-order valence-corrected chi connectivity index (χ2v) is 27.6. The number of ether oxygens (including phenoxy) is 8. The number of rotatable bonds is 39. The molecule has 0 unspecified atom stereocenters. The van der Waals surface area contributed by atoms with Gasteiger partial charge in [0, 0.05) is 80.4 Å². The third-order valence-electron chi connectivity index (χ3n) is 15.8. The van der Waals surface area contributed by atoms with Crippen LogP contribution in [-0.4, -0.2) is 162 Å². The molecule has 0 aliphatic carbocycles. The van der Waals surface area contributed by atoms with Crippen LogP contribution < -0.4 is 24.7 Å². The SMILES string of the molecule is CO[Si](CCCN)(OC)OC.COc1ccc(C(OCCOC(=O)CCC(=O)CCCC[Si](OC)(OC)OC)(c2ccccc2)c2ccc(OC)cc2)cc1.COc1ccc(C(OCCOC(=O)CCC(=O)ON2C(=O)CCC2=O)(c2ccccc2)c2ccc(OC)cc2)cc1. The van der Waals surface area contributed by atoms with Crippen molar-refractivity contribution >= 4 is 53.1 Å². The highest BCUT2D eigenvalue weighted by molar-refractivity contribution is 6.60. The van der Waals surface area contributed by atoms with E-state index >= 15 is 0 Å². The molecular weight excluding hydrogens is 1270 g/mol. The summed E-state index contributed by atoms with van der Waals surface area (Å²) in [4.78, 5) is 77.2. The third-order valence-corrected chi connectivity index (χ3v) is 21.4. The minimum absolute atomic E-state index is 0.00826. The lowest BCUT2D eigenvalue weighted by Gasteiger charge is -2.36. The van der Waals surface area contributed by atoms with Crippen molar-refractivity contribution in [3.8, 4) is 23.0 Å². The molecule has 6 aromatic carbocycles. The molecule has 1 fully saturated rings. The number of unbranched alkanes of at least 4 members (excludes halogenated alkanes) is 1. The molecule has 0 bridgehead atoms. The molecule has 1 aliphatic rings. The van der Waals surface area contributed by atoms with Gasteiger partial charge >= 0.3 is 35.5 Å². The van der Waals surface area contributed by atoms with Crippen LogP contribution in [0.25, 0.3) is 0 Å². The summed E-state index contributed by atoms with van der Waals surface area (Å²) in [6.07, 6.45) is 2.17. The van der Waals surface area contributed by atoms with Gasteiger partial charge in [-0.25, -0.2) is 4.79 Å². The maximum Gasteiger partial charge on any atom is 0.500 e. The normalized spacial score (nSPS) is 12.3.